The molecule has 33 heavy (non-hydrogen) atoms. The number of halogens is 1. The topological polar surface area (TPSA) is 95.2 Å². The Kier molecular flexibility index (Phi) is 5.96. The summed E-state index contributed by atoms with van der Waals surface area (Å²) in [6.07, 6.45) is 0.947. The Morgan fingerprint density at radius 1 is 1.06 bits per heavy atom. The lowest BCUT2D eigenvalue weighted by Gasteiger charge is -2.30. The van der Waals surface area contributed by atoms with E-state index >= 15 is 0 Å². The summed E-state index contributed by atoms with van der Waals surface area (Å²) in [6, 6.07) is 18.5. The number of nitrogens with zero attached hydrogens (tertiary/aromatic N) is 2. The number of sulfonamides is 1. The first-order valence-corrected chi connectivity index (χ1v) is 13.2. The number of imidazole rings is 1. The maximum absolute atomic E-state index is 12.8. The quantitative estimate of drug-likeness (QED) is 0.404. The first-order valence-electron chi connectivity index (χ1n) is 10.5. The highest BCUT2D eigenvalue weighted by Crippen LogP contribution is 2.31. The number of carbonyl (C=O) groups is 1. The van der Waals surface area contributed by atoms with E-state index < -0.39 is 10.0 Å². The molecule has 1 aliphatic rings. The average molecular weight is 501 g/mol. The third kappa shape index (κ3) is 4.54. The van der Waals surface area contributed by atoms with Crippen molar-refractivity contribution in [2.45, 2.75) is 17.1 Å². The first-order chi connectivity index (χ1) is 15.9. The molecule has 0 unspecified atom stereocenters. The number of fused-ring (bicyclic) bond motifs is 1. The lowest BCUT2D eigenvalue weighted by atomic mass is 9.97. The number of benzene rings is 2. The third-order valence-electron chi connectivity index (χ3n) is 5.78. The molecule has 1 saturated heterocycles. The molecule has 170 valence electrons. The smallest absolute Gasteiger partial charge is 0.252 e. The van der Waals surface area contributed by atoms with Gasteiger partial charge < -0.3 is 10.3 Å². The number of piperidine rings is 1. The Morgan fingerprint density at radius 3 is 2.45 bits per heavy atom. The molecule has 0 radical (unpaired) electrons. The fourth-order valence-electron chi connectivity index (χ4n) is 3.97. The number of aromatic amines is 1. The number of H-pyrrole nitrogens is 1. The van der Waals surface area contributed by atoms with Crippen LogP contribution in [0.1, 0.15) is 12.8 Å². The van der Waals surface area contributed by atoms with Gasteiger partial charge >= 0.3 is 0 Å². The van der Waals surface area contributed by atoms with Crippen LogP contribution >= 0.6 is 22.9 Å². The molecule has 2 aromatic carbocycles. The summed E-state index contributed by atoms with van der Waals surface area (Å²) < 4.78 is 27.6. The molecule has 10 heteroatoms. The summed E-state index contributed by atoms with van der Waals surface area (Å²) in [5, 5.41) is 2.95. The molecule has 4 aromatic rings. The SMILES string of the molecule is O=C(Nc1ccc(-c2nc3ccccc3[nH]2)cc1)C1CCN(S(=O)(=O)c2ccc(Cl)s2)CC1. The lowest BCUT2D eigenvalue weighted by Crippen LogP contribution is -2.41. The van der Waals surface area contributed by atoms with Gasteiger partial charge in [0, 0.05) is 30.3 Å². The van der Waals surface area contributed by atoms with Crippen LogP contribution in [0, 0.1) is 5.92 Å². The molecular formula is C23H21ClN4O3S2. The minimum absolute atomic E-state index is 0.0947. The number of nitrogens with one attached hydrogen (secondary N) is 2. The van der Waals surface area contributed by atoms with Gasteiger partial charge in [0.2, 0.25) is 5.91 Å². The van der Waals surface area contributed by atoms with Crippen LogP contribution in [0.2, 0.25) is 4.34 Å². The van der Waals surface area contributed by atoms with Gasteiger partial charge in [0.05, 0.1) is 15.4 Å². The van der Waals surface area contributed by atoms with Gasteiger partial charge in [-0.3, -0.25) is 4.79 Å². The highest BCUT2D eigenvalue weighted by molar-refractivity contribution is 7.91. The highest BCUT2D eigenvalue weighted by atomic mass is 35.5. The van der Waals surface area contributed by atoms with E-state index in [1.54, 1.807) is 6.07 Å². The number of carbonyl (C=O) groups excluding carboxylic acids is 1. The molecule has 7 nitrogen and oxygen atoms in total. The molecule has 2 N–H and O–H groups in total. The third-order valence-corrected chi connectivity index (χ3v) is 9.38. The standard InChI is InChI=1S/C23H21ClN4O3S2/c24-20-9-10-21(32-20)33(30,31)28-13-11-16(12-14-28)23(29)25-17-7-5-15(6-8-17)22-26-18-3-1-2-4-19(18)27-22/h1-10,16H,11-14H2,(H,25,29)(H,26,27). The Morgan fingerprint density at radius 2 is 1.79 bits per heavy atom. The summed E-state index contributed by atoms with van der Waals surface area (Å²) in [5.41, 5.74) is 3.50. The van der Waals surface area contributed by atoms with Gasteiger partial charge in [0.25, 0.3) is 10.0 Å². The second-order valence-corrected chi connectivity index (χ2v) is 11.8. The van der Waals surface area contributed by atoms with Crippen LogP contribution in [0.3, 0.4) is 0 Å². The summed E-state index contributed by atoms with van der Waals surface area (Å²) in [4.78, 5) is 20.6. The highest BCUT2D eigenvalue weighted by Gasteiger charge is 2.33. The second-order valence-electron chi connectivity index (χ2n) is 7.91. The lowest BCUT2D eigenvalue weighted by molar-refractivity contribution is -0.120. The number of aromatic nitrogens is 2. The molecule has 5 rings (SSSR count). The average Bonchev–Trinajstić information content (AvgIpc) is 3.46. The monoisotopic (exact) mass is 500 g/mol. The van der Waals surface area contributed by atoms with Gasteiger partial charge in [0.1, 0.15) is 10.0 Å². The van der Waals surface area contributed by atoms with Crippen molar-refractivity contribution in [2.24, 2.45) is 5.92 Å². The van der Waals surface area contributed by atoms with E-state index in [-0.39, 0.29) is 16.0 Å². The van der Waals surface area contributed by atoms with Gasteiger partial charge in [-0.15, -0.1) is 11.3 Å². The van der Waals surface area contributed by atoms with E-state index in [1.165, 1.54) is 10.4 Å². The molecule has 0 spiro atoms. The first kappa shape index (κ1) is 22.1. The molecule has 0 saturated carbocycles. The molecule has 0 bridgehead atoms. The van der Waals surface area contributed by atoms with E-state index in [1.807, 2.05) is 48.5 Å². The van der Waals surface area contributed by atoms with Crippen molar-refractivity contribution < 1.29 is 13.2 Å². The number of rotatable bonds is 5. The summed E-state index contributed by atoms with van der Waals surface area (Å²) in [5.74, 6) is 0.441. The van der Waals surface area contributed by atoms with Crippen molar-refractivity contribution in [3.8, 4) is 11.4 Å². The summed E-state index contributed by atoms with van der Waals surface area (Å²) in [6.45, 7) is 0.613. The second kappa shape index (κ2) is 8.90. The normalized spacial score (nSPS) is 15.7. The molecule has 1 amide bonds. The summed E-state index contributed by atoms with van der Waals surface area (Å²) in [7, 11) is -3.56. The van der Waals surface area contributed by atoms with E-state index in [0.29, 0.717) is 36.0 Å². The number of hydrogen-bond acceptors (Lipinski definition) is 5. The number of anilines is 1. The van der Waals surface area contributed by atoms with Gasteiger partial charge in [-0.2, -0.15) is 4.31 Å². The van der Waals surface area contributed by atoms with Crippen LogP contribution in [0.15, 0.2) is 64.9 Å². The molecule has 3 heterocycles. The zero-order chi connectivity index (χ0) is 23.0. The zero-order valence-corrected chi connectivity index (χ0v) is 19.9. The molecule has 0 atom stereocenters. The van der Waals surface area contributed by atoms with Crippen molar-refractivity contribution in [3.63, 3.8) is 0 Å². The van der Waals surface area contributed by atoms with Crippen molar-refractivity contribution in [1.29, 1.82) is 0 Å². The van der Waals surface area contributed by atoms with Crippen molar-refractivity contribution in [1.82, 2.24) is 14.3 Å². The molecule has 2 aromatic heterocycles. The van der Waals surface area contributed by atoms with E-state index in [0.717, 1.165) is 33.8 Å². The Labute approximate surface area is 200 Å². The van der Waals surface area contributed by atoms with Crippen molar-refractivity contribution in [2.75, 3.05) is 18.4 Å². The zero-order valence-electron chi connectivity index (χ0n) is 17.5. The predicted molar refractivity (Wildman–Crippen MR) is 131 cm³/mol. The van der Waals surface area contributed by atoms with E-state index in [2.05, 4.69) is 15.3 Å². The fourth-order valence-corrected chi connectivity index (χ4v) is 7.07. The largest absolute Gasteiger partial charge is 0.338 e. The van der Waals surface area contributed by atoms with E-state index in [9.17, 15) is 13.2 Å². The van der Waals surface area contributed by atoms with Gasteiger partial charge in [-0.25, -0.2) is 13.4 Å². The Balaban J connectivity index is 1.20. The summed E-state index contributed by atoms with van der Waals surface area (Å²) >= 11 is 6.94. The van der Waals surface area contributed by atoms with Gasteiger partial charge in [-0.05, 0) is 61.4 Å². The minimum atomic E-state index is -3.56. The van der Waals surface area contributed by atoms with Gasteiger partial charge in [0.15, 0.2) is 0 Å². The van der Waals surface area contributed by atoms with E-state index in [4.69, 9.17) is 11.6 Å². The molecule has 1 fully saturated rings. The number of hydrogen-bond donors (Lipinski definition) is 2. The molecule has 1 aliphatic heterocycles. The van der Waals surface area contributed by atoms with Crippen LogP contribution in [0.5, 0.6) is 0 Å². The molecular weight excluding hydrogens is 480 g/mol. The Bertz CT molecular complexity index is 1370. The van der Waals surface area contributed by atoms with Crippen LogP contribution < -0.4 is 5.32 Å². The van der Waals surface area contributed by atoms with Crippen molar-refractivity contribution >= 4 is 55.6 Å². The van der Waals surface area contributed by atoms with Crippen LogP contribution in [-0.2, 0) is 14.8 Å². The van der Waals surface area contributed by atoms with Crippen LogP contribution in [-0.4, -0.2) is 41.7 Å². The maximum atomic E-state index is 12.8. The maximum Gasteiger partial charge on any atom is 0.252 e. The fraction of sp³-hybridized carbons (Fsp3) is 0.217. The number of thiophene rings is 1. The van der Waals surface area contributed by atoms with Crippen LogP contribution in [0.25, 0.3) is 22.4 Å². The number of amides is 1. The predicted octanol–water partition coefficient (Wildman–Crippen LogP) is 4.98. The van der Waals surface area contributed by atoms with Crippen molar-refractivity contribution in [3.05, 3.63) is 65.0 Å². The number of para-hydroxylation sites is 2. The van der Waals surface area contributed by atoms with Crippen LogP contribution in [0.4, 0.5) is 5.69 Å². The molecule has 0 aliphatic carbocycles. The van der Waals surface area contributed by atoms with Gasteiger partial charge in [-0.1, -0.05) is 23.7 Å². The minimum Gasteiger partial charge on any atom is -0.338 e. The Hall–Kier alpha value is -2.72.